The highest BCUT2D eigenvalue weighted by atomic mass is 19.1. The molecule has 2 aliphatic rings. The molecule has 3 heteroatoms. The van der Waals surface area contributed by atoms with E-state index in [1.165, 1.54) is 50.7 Å². The molecule has 1 saturated heterocycles. The Kier molecular flexibility index (Phi) is 4.60. The summed E-state index contributed by atoms with van der Waals surface area (Å²) < 4.78 is 13.1. The standard InChI is InChI=1S/C18H27FN2/c1-13(18(20)15-8-10-16(19)11-9-15)21-12-4-6-14-5-2-3-7-17(14)21/h8-11,13-14,17-18H,2-7,12,20H2,1H3/t13?,14-,17-,18?/m1/s1. The van der Waals surface area contributed by atoms with Gasteiger partial charge in [0, 0.05) is 18.1 Å². The normalized spacial score (nSPS) is 29.7. The maximum absolute atomic E-state index is 13.1. The number of rotatable bonds is 3. The topological polar surface area (TPSA) is 29.3 Å². The molecule has 1 aromatic rings. The molecule has 1 aliphatic carbocycles. The minimum atomic E-state index is -0.191. The van der Waals surface area contributed by atoms with Crippen molar-refractivity contribution in [2.24, 2.45) is 11.7 Å². The average Bonchev–Trinajstić information content (AvgIpc) is 2.53. The lowest BCUT2D eigenvalue weighted by Gasteiger charge is -2.48. The Morgan fingerprint density at radius 3 is 2.52 bits per heavy atom. The van der Waals surface area contributed by atoms with Crippen molar-refractivity contribution in [3.05, 3.63) is 35.6 Å². The van der Waals surface area contributed by atoms with Gasteiger partial charge in [0.25, 0.3) is 0 Å². The first kappa shape index (κ1) is 15.0. The van der Waals surface area contributed by atoms with Gasteiger partial charge >= 0.3 is 0 Å². The van der Waals surface area contributed by atoms with Gasteiger partial charge in [-0.05, 0) is 62.8 Å². The quantitative estimate of drug-likeness (QED) is 0.915. The van der Waals surface area contributed by atoms with Crippen molar-refractivity contribution < 1.29 is 4.39 Å². The first-order valence-electron chi connectivity index (χ1n) is 8.43. The van der Waals surface area contributed by atoms with Crippen molar-refractivity contribution in [2.75, 3.05) is 6.54 Å². The Morgan fingerprint density at radius 1 is 1.10 bits per heavy atom. The molecular formula is C18H27FN2. The van der Waals surface area contributed by atoms with Crippen LogP contribution in [-0.2, 0) is 0 Å². The summed E-state index contributed by atoms with van der Waals surface area (Å²) in [5.74, 6) is 0.680. The number of nitrogens with two attached hydrogens (primary N) is 1. The monoisotopic (exact) mass is 290 g/mol. The predicted octanol–water partition coefficient (Wildman–Crippen LogP) is 3.87. The number of hydrogen-bond acceptors (Lipinski definition) is 2. The van der Waals surface area contributed by atoms with E-state index in [0.29, 0.717) is 12.1 Å². The van der Waals surface area contributed by atoms with Gasteiger partial charge < -0.3 is 5.73 Å². The van der Waals surface area contributed by atoms with Crippen LogP contribution in [0.4, 0.5) is 4.39 Å². The maximum atomic E-state index is 13.1. The lowest BCUT2D eigenvalue weighted by Crippen LogP contribution is -2.53. The molecule has 0 amide bonds. The fraction of sp³-hybridized carbons (Fsp3) is 0.667. The number of halogens is 1. The number of hydrogen-bond donors (Lipinski definition) is 1. The average molecular weight is 290 g/mol. The molecule has 2 unspecified atom stereocenters. The molecule has 116 valence electrons. The SMILES string of the molecule is CC(C(N)c1ccc(F)cc1)N1CCC[C@H]2CCCC[C@H]21. The second-order valence-corrected chi connectivity index (χ2v) is 6.81. The van der Waals surface area contributed by atoms with Crippen molar-refractivity contribution >= 4 is 0 Å². The molecule has 1 aliphatic heterocycles. The highest BCUT2D eigenvalue weighted by Gasteiger charge is 2.37. The third-order valence-electron chi connectivity index (χ3n) is 5.58. The Bertz CT molecular complexity index is 457. The molecule has 3 rings (SSSR count). The summed E-state index contributed by atoms with van der Waals surface area (Å²) in [5.41, 5.74) is 7.52. The van der Waals surface area contributed by atoms with Crippen molar-refractivity contribution in [2.45, 2.75) is 63.6 Å². The van der Waals surface area contributed by atoms with Gasteiger partial charge in [-0.2, -0.15) is 0 Å². The summed E-state index contributed by atoms with van der Waals surface area (Å²) in [4.78, 5) is 2.64. The van der Waals surface area contributed by atoms with Crippen molar-refractivity contribution in [3.63, 3.8) is 0 Å². The molecule has 4 atom stereocenters. The van der Waals surface area contributed by atoms with E-state index in [1.807, 2.05) is 12.1 Å². The largest absolute Gasteiger partial charge is 0.323 e. The van der Waals surface area contributed by atoms with Gasteiger partial charge in [-0.15, -0.1) is 0 Å². The molecule has 1 saturated carbocycles. The van der Waals surface area contributed by atoms with Gasteiger partial charge in [-0.25, -0.2) is 4.39 Å². The first-order chi connectivity index (χ1) is 10.2. The van der Waals surface area contributed by atoms with Gasteiger partial charge in [-0.1, -0.05) is 25.0 Å². The number of likely N-dealkylation sites (tertiary alicyclic amines) is 1. The van der Waals surface area contributed by atoms with E-state index in [9.17, 15) is 4.39 Å². The fourth-order valence-electron chi connectivity index (χ4n) is 4.34. The summed E-state index contributed by atoms with van der Waals surface area (Å²) >= 11 is 0. The summed E-state index contributed by atoms with van der Waals surface area (Å²) in [6.45, 7) is 3.40. The molecule has 21 heavy (non-hydrogen) atoms. The first-order valence-corrected chi connectivity index (χ1v) is 8.43. The zero-order chi connectivity index (χ0) is 14.8. The second kappa shape index (κ2) is 6.45. The van der Waals surface area contributed by atoms with Gasteiger partial charge in [0.1, 0.15) is 5.82 Å². The van der Waals surface area contributed by atoms with Crippen molar-refractivity contribution in [1.82, 2.24) is 4.90 Å². The third kappa shape index (κ3) is 3.14. The second-order valence-electron chi connectivity index (χ2n) is 6.81. The minimum Gasteiger partial charge on any atom is -0.323 e. The van der Waals surface area contributed by atoms with Crippen molar-refractivity contribution in [3.8, 4) is 0 Å². The van der Waals surface area contributed by atoms with Crippen LogP contribution in [0.1, 0.15) is 57.1 Å². The van der Waals surface area contributed by atoms with E-state index in [-0.39, 0.29) is 11.9 Å². The van der Waals surface area contributed by atoms with Gasteiger partial charge in [0.15, 0.2) is 0 Å². The van der Waals surface area contributed by atoms with Crippen LogP contribution in [0, 0.1) is 11.7 Å². The van der Waals surface area contributed by atoms with Crippen LogP contribution in [0.3, 0.4) is 0 Å². The number of benzene rings is 1. The molecule has 2 fully saturated rings. The zero-order valence-corrected chi connectivity index (χ0v) is 13.0. The van der Waals surface area contributed by atoms with E-state index in [4.69, 9.17) is 5.73 Å². The number of fused-ring (bicyclic) bond motifs is 1. The maximum Gasteiger partial charge on any atom is 0.123 e. The van der Waals surface area contributed by atoms with Crippen LogP contribution >= 0.6 is 0 Å². The summed E-state index contributed by atoms with van der Waals surface area (Å²) in [6.07, 6.45) is 8.15. The van der Waals surface area contributed by atoms with Crippen molar-refractivity contribution in [1.29, 1.82) is 0 Å². The Hall–Kier alpha value is -0.930. The zero-order valence-electron chi connectivity index (χ0n) is 13.0. The molecule has 2 N–H and O–H groups in total. The molecule has 0 radical (unpaired) electrons. The van der Waals surface area contributed by atoms with E-state index in [1.54, 1.807) is 0 Å². The van der Waals surface area contributed by atoms with Crippen LogP contribution in [-0.4, -0.2) is 23.5 Å². The van der Waals surface area contributed by atoms with Gasteiger partial charge in [-0.3, -0.25) is 4.90 Å². The summed E-state index contributed by atoms with van der Waals surface area (Å²) in [7, 11) is 0. The highest BCUT2D eigenvalue weighted by Crippen LogP contribution is 2.37. The molecule has 1 heterocycles. The van der Waals surface area contributed by atoms with Crippen LogP contribution in [0.25, 0.3) is 0 Å². The van der Waals surface area contributed by atoms with E-state index >= 15 is 0 Å². The van der Waals surface area contributed by atoms with E-state index in [0.717, 1.165) is 18.0 Å². The fourth-order valence-corrected chi connectivity index (χ4v) is 4.34. The molecule has 0 bridgehead atoms. The minimum absolute atomic E-state index is 0.0359. The van der Waals surface area contributed by atoms with Crippen LogP contribution in [0.2, 0.25) is 0 Å². The van der Waals surface area contributed by atoms with Crippen LogP contribution in [0.5, 0.6) is 0 Å². The molecule has 2 nitrogen and oxygen atoms in total. The van der Waals surface area contributed by atoms with E-state index in [2.05, 4.69) is 11.8 Å². The van der Waals surface area contributed by atoms with Crippen LogP contribution in [0.15, 0.2) is 24.3 Å². The molecule has 1 aromatic carbocycles. The number of piperidine rings is 1. The van der Waals surface area contributed by atoms with Gasteiger partial charge in [0.05, 0.1) is 0 Å². The Morgan fingerprint density at radius 2 is 1.76 bits per heavy atom. The Balaban J connectivity index is 1.73. The van der Waals surface area contributed by atoms with Crippen LogP contribution < -0.4 is 5.73 Å². The molecular weight excluding hydrogens is 263 g/mol. The lowest BCUT2D eigenvalue weighted by molar-refractivity contribution is 0.0229. The Labute approximate surface area is 127 Å². The van der Waals surface area contributed by atoms with Gasteiger partial charge in [0.2, 0.25) is 0 Å². The summed E-state index contributed by atoms with van der Waals surface area (Å²) in [5, 5.41) is 0. The molecule has 0 spiro atoms. The third-order valence-corrected chi connectivity index (χ3v) is 5.58. The highest BCUT2D eigenvalue weighted by molar-refractivity contribution is 5.21. The molecule has 0 aromatic heterocycles. The smallest absolute Gasteiger partial charge is 0.123 e. The predicted molar refractivity (Wildman–Crippen MR) is 84.5 cm³/mol. The lowest BCUT2D eigenvalue weighted by atomic mass is 9.77. The summed E-state index contributed by atoms with van der Waals surface area (Å²) in [6, 6.07) is 7.70. The number of nitrogens with zero attached hydrogens (tertiary/aromatic N) is 1. The van der Waals surface area contributed by atoms with E-state index < -0.39 is 0 Å².